The molecule has 1 aromatic rings. The zero-order valence-electron chi connectivity index (χ0n) is 9.35. The van der Waals surface area contributed by atoms with E-state index in [1.807, 2.05) is 20.8 Å². The smallest absolute Gasteiger partial charge is 0.286 e. The molecule has 0 aliphatic heterocycles. The molecule has 0 spiro atoms. The topological polar surface area (TPSA) is 17.1 Å². The summed E-state index contributed by atoms with van der Waals surface area (Å²) >= 11 is 4.66. The lowest BCUT2D eigenvalue weighted by Gasteiger charge is -2.19. The quantitative estimate of drug-likeness (QED) is 0.569. The summed E-state index contributed by atoms with van der Waals surface area (Å²) in [6, 6.07) is 6.07. The Morgan fingerprint density at radius 2 is 1.56 bits per heavy atom. The van der Waals surface area contributed by atoms with Crippen LogP contribution in [-0.4, -0.2) is 11.2 Å². The molecule has 1 aromatic carbocycles. The van der Waals surface area contributed by atoms with Gasteiger partial charge in [0.15, 0.2) is 0 Å². The highest BCUT2D eigenvalue weighted by Crippen LogP contribution is 2.27. The van der Waals surface area contributed by atoms with Crippen LogP contribution >= 0.6 is 11.6 Å². The molecule has 88 valence electrons. The van der Waals surface area contributed by atoms with E-state index in [1.54, 1.807) is 12.1 Å². The molecule has 0 saturated heterocycles. The molecule has 4 heteroatoms. The lowest BCUT2D eigenvalue weighted by atomic mass is 9.86. The summed E-state index contributed by atoms with van der Waals surface area (Å²) < 4.78 is 25.1. The number of hydrogen-bond donors (Lipinski definition) is 0. The standard InChI is InChI=1S/C12H13ClF2O/c1-11(2,3)9-6-4-8(5-7-9)10(16)12(13,14)15/h4-7H,1-3H3. The van der Waals surface area contributed by atoms with Crippen molar-refractivity contribution < 1.29 is 13.6 Å². The lowest BCUT2D eigenvalue weighted by molar-refractivity contribution is 0.0536. The number of alkyl halides is 3. The van der Waals surface area contributed by atoms with Gasteiger partial charge in [-0.3, -0.25) is 4.79 Å². The number of rotatable bonds is 2. The molecular weight excluding hydrogens is 234 g/mol. The van der Waals surface area contributed by atoms with E-state index >= 15 is 0 Å². The normalized spacial score (nSPS) is 12.6. The van der Waals surface area contributed by atoms with Crippen LogP contribution in [-0.2, 0) is 5.41 Å². The molecule has 0 N–H and O–H groups in total. The Labute approximate surface area is 98.4 Å². The van der Waals surface area contributed by atoms with E-state index in [2.05, 4.69) is 11.6 Å². The Bertz CT molecular complexity index is 385. The summed E-state index contributed by atoms with van der Waals surface area (Å²) in [7, 11) is 0. The first kappa shape index (κ1) is 13.1. The summed E-state index contributed by atoms with van der Waals surface area (Å²) in [4.78, 5) is 11.1. The van der Waals surface area contributed by atoms with Crippen molar-refractivity contribution in [3.8, 4) is 0 Å². The number of benzene rings is 1. The molecule has 0 unspecified atom stereocenters. The van der Waals surface area contributed by atoms with Gasteiger partial charge < -0.3 is 0 Å². The Kier molecular flexibility index (Phi) is 3.38. The highest BCUT2D eigenvalue weighted by atomic mass is 35.5. The van der Waals surface area contributed by atoms with Crippen molar-refractivity contribution in [2.75, 3.05) is 0 Å². The Hall–Kier alpha value is -0.960. The predicted molar refractivity (Wildman–Crippen MR) is 60.3 cm³/mol. The molecular formula is C12H13ClF2O. The van der Waals surface area contributed by atoms with Crippen molar-refractivity contribution in [2.45, 2.75) is 31.6 Å². The van der Waals surface area contributed by atoms with Crippen LogP contribution < -0.4 is 0 Å². The second-order valence-corrected chi connectivity index (χ2v) is 5.13. The second kappa shape index (κ2) is 4.13. The van der Waals surface area contributed by atoms with E-state index in [4.69, 9.17) is 0 Å². The third-order valence-electron chi connectivity index (χ3n) is 2.27. The molecule has 0 atom stereocenters. The zero-order chi connectivity index (χ0) is 12.6. The summed E-state index contributed by atoms with van der Waals surface area (Å²) in [6.45, 7) is 6.00. The zero-order valence-corrected chi connectivity index (χ0v) is 10.1. The molecule has 0 radical (unpaired) electrons. The minimum Gasteiger partial charge on any atom is -0.286 e. The van der Waals surface area contributed by atoms with Crippen LogP contribution in [0.3, 0.4) is 0 Å². The molecule has 1 rings (SSSR count). The van der Waals surface area contributed by atoms with Gasteiger partial charge in [0.25, 0.3) is 0 Å². The summed E-state index contributed by atoms with van der Waals surface area (Å²) in [6.07, 6.45) is 0. The van der Waals surface area contributed by atoms with Gasteiger partial charge in [0.1, 0.15) is 0 Å². The summed E-state index contributed by atoms with van der Waals surface area (Å²) in [5.74, 6) is -1.37. The molecule has 0 bridgehead atoms. The molecule has 0 aliphatic rings. The van der Waals surface area contributed by atoms with Crippen molar-refractivity contribution in [1.82, 2.24) is 0 Å². The highest BCUT2D eigenvalue weighted by molar-refractivity contribution is 6.35. The van der Waals surface area contributed by atoms with Crippen LogP contribution in [0.25, 0.3) is 0 Å². The largest absolute Gasteiger partial charge is 0.384 e. The fourth-order valence-electron chi connectivity index (χ4n) is 1.29. The second-order valence-electron chi connectivity index (χ2n) is 4.65. The molecule has 0 saturated carbocycles. The van der Waals surface area contributed by atoms with E-state index in [0.29, 0.717) is 0 Å². The molecule has 16 heavy (non-hydrogen) atoms. The van der Waals surface area contributed by atoms with Gasteiger partial charge in [0.05, 0.1) is 0 Å². The van der Waals surface area contributed by atoms with Crippen molar-refractivity contribution in [2.24, 2.45) is 0 Å². The minimum atomic E-state index is -3.83. The molecule has 0 fully saturated rings. The molecule has 0 aliphatic carbocycles. The van der Waals surface area contributed by atoms with E-state index in [1.165, 1.54) is 12.1 Å². The number of Topliss-reactive ketones (excluding diaryl/α,β-unsaturated/α-hetero) is 1. The fourth-order valence-corrected chi connectivity index (χ4v) is 1.39. The Morgan fingerprint density at radius 1 is 1.12 bits per heavy atom. The number of carbonyl (C=O) groups excluding carboxylic acids is 1. The van der Waals surface area contributed by atoms with Crippen LogP contribution in [0, 0.1) is 0 Å². The van der Waals surface area contributed by atoms with Crippen molar-refractivity contribution >= 4 is 17.4 Å². The first-order valence-corrected chi connectivity index (χ1v) is 5.22. The first-order valence-electron chi connectivity index (χ1n) is 4.84. The number of halogens is 3. The van der Waals surface area contributed by atoms with Crippen molar-refractivity contribution in [1.29, 1.82) is 0 Å². The third kappa shape index (κ3) is 3.01. The van der Waals surface area contributed by atoms with Gasteiger partial charge in [-0.2, -0.15) is 8.78 Å². The van der Waals surface area contributed by atoms with Gasteiger partial charge >= 0.3 is 5.38 Å². The van der Waals surface area contributed by atoms with Crippen LogP contribution in [0.4, 0.5) is 8.78 Å². The van der Waals surface area contributed by atoms with Crippen LogP contribution in [0.5, 0.6) is 0 Å². The molecule has 1 nitrogen and oxygen atoms in total. The maximum Gasteiger partial charge on any atom is 0.384 e. The van der Waals surface area contributed by atoms with Crippen molar-refractivity contribution in [3.63, 3.8) is 0 Å². The van der Waals surface area contributed by atoms with Crippen LogP contribution in [0.2, 0.25) is 0 Å². The van der Waals surface area contributed by atoms with Gasteiger partial charge in [-0.15, -0.1) is 0 Å². The minimum absolute atomic E-state index is 0.0759. The molecule has 0 aromatic heterocycles. The van der Waals surface area contributed by atoms with Gasteiger partial charge in [0.2, 0.25) is 5.78 Å². The first-order chi connectivity index (χ1) is 7.12. The number of hydrogen-bond acceptors (Lipinski definition) is 1. The lowest BCUT2D eigenvalue weighted by Crippen LogP contribution is -2.21. The predicted octanol–water partition coefficient (Wildman–Crippen LogP) is 4.00. The maximum absolute atomic E-state index is 12.6. The summed E-state index contributed by atoms with van der Waals surface area (Å²) in [5, 5.41) is -3.83. The average Bonchev–Trinajstić information content (AvgIpc) is 2.14. The molecule has 0 amide bonds. The Balaban J connectivity index is 3.01. The van der Waals surface area contributed by atoms with Gasteiger partial charge in [0, 0.05) is 5.56 Å². The maximum atomic E-state index is 12.6. The Morgan fingerprint density at radius 3 is 1.88 bits per heavy atom. The van der Waals surface area contributed by atoms with E-state index < -0.39 is 11.2 Å². The van der Waals surface area contributed by atoms with E-state index in [0.717, 1.165) is 5.56 Å². The SMILES string of the molecule is CC(C)(C)c1ccc(C(=O)C(F)(F)Cl)cc1. The average molecular weight is 247 g/mol. The van der Waals surface area contributed by atoms with Gasteiger partial charge in [-0.05, 0) is 22.6 Å². The van der Waals surface area contributed by atoms with E-state index in [-0.39, 0.29) is 11.0 Å². The monoisotopic (exact) mass is 246 g/mol. The number of carbonyl (C=O) groups is 1. The fraction of sp³-hybridized carbons (Fsp3) is 0.417. The van der Waals surface area contributed by atoms with Gasteiger partial charge in [-0.1, -0.05) is 45.0 Å². The van der Waals surface area contributed by atoms with Crippen LogP contribution in [0.15, 0.2) is 24.3 Å². The van der Waals surface area contributed by atoms with Crippen molar-refractivity contribution in [3.05, 3.63) is 35.4 Å². The molecule has 0 heterocycles. The highest BCUT2D eigenvalue weighted by Gasteiger charge is 2.36. The van der Waals surface area contributed by atoms with Gasteiger partial charge in [-0.25, -0.2) is 0 Å². The van der Waals surface area contributed by atoms with Crippen LogP contribution in [0.1, 0.15) is 36.7 Å². The third-order valence-corrected chi connectivity index (χ3v) is 2.44. The van der Waals surface area contributed by atoms with E-state index in [9.17, 15) is 13.6 Å². The summed E-state index contributed by atoms with van der Waals surface area (Å²) in [5.41, 5.74) is 0.820. The number of ketones is 1.